The lowest BCUT2D eigenvalue weighted by atomic mass is 10.1. The molecule has 0 N–H and O–H groups in total. The largest absolute Gasteiger partial charge is 0.378 e. The number of hydrogen-bond acceptors (Lipinski definition) is 4. The molecule has 1 fully saturated rings. The first kappa shape index (κ1) is 17.7. The molecule has 2 aromatic carbocycles. The van der Waals surface area contributed by atoms with Crippen LogP contribution in [0.15, 0.2) is 53.4 Å². The lowest BCUT2D eigenvalue weighted by Gasteiger charge is -2.34. The minimum Gasteiger partial charge on any atom is -0.378 e. The number of morpholine rings is 1. The first-order chi connectivity index (χ1) is 11.9. The number of nitrogens with zero attached hydrogens (tertiary/aromatic N) is 1. The lowest BCUT2D eigenvalue weighted by molar-refractivity contribution is 0.0320. The van der Waals surface area contributed by atoms with Gasteiger partial charge in [0.2, 0.25) is 10.0 Å². The van der Waals surface area contributed by atoms with Gasteiger partial charge in [-0.25, -0.2) is 12.8 Å². The van der Waals surface area contributed by atoms with Crippen LogP contribution < -0.4 is 0 Å². The van der Waals surface area contributed by atoms with E-state index < -0.39 is 16.1 Å². The predicted molar refractivity (Wildman–Crippen MR) is 90.3 cm³/mol. The summed E-state index contributed by atoms with van der Waals surface area (Å²) in [7, 11) is -3.76. The highest BCUT2D eigenvalue weighted by Gasteiger charge is 2.35. The first-order valence-electron chi connectivity index (χ1n) is 7.85. The van der Waals surface area contributed by atoms with Gasteiger partial charge in [-0.3, -0.25) is 4.79 Å². The summed E-state index contributed by atoms with van der Waals surface area (Å²) in [5.74, 6) is -0.505. The fraction of sp³-hybridized carbons (Fsp3) is 0.278. The molecule has 0 bridgehead atoms. The van der Waals surface area contributed by atoms with Gasteiger partial charge in [0.15, 0.2) is 5.78 Å². The van der Waals surface area contributed by atoms with Gasteiger partial charge < -0.3 is 4.74 Å². The number of carbonyl (C=O) groups excluding carboxylic acids is 1. The lowest BCUT2D eigenvalue weighted by Crippen LogP contribution is -2.43. The third-order valence-corrected chi connectivity index (χ3v) is 6.12. The van der Waals surface area contributed by atoms with E-state index in [-0.39, 0.29) is 29.6 Å². The molecule has 1 aliphatic rings. The summed E-state index contributed by atoms with van der Waals surface area (Å²) in [5, 5.41) is 0. The van der Waals surface area contributed by atoms with Crippen LogP contribution in [0.1, 0.15) is 28.9 Å². The van der Waals surface area contributed by atoms with Crippen molar-refractivity contribution in [2.75, 3.05) is 19.8 Å². The average Bonchev–Trinajstić information content (AvgIpc) is 2.62. The maximum atomic E-state index is 13.2. The normalized spacial score (nSPS) is 18.9. The van der Waals surface area contributed by atoms with Crippen molar-refractivity contribution in [2.45, 2.75) is 17.9 Å². The van der Waals surface area contributed by atoms with Crippen molar-refractivity contribution in [1.29, 1.82) is 0 Å². The van der Waals surface area contributed by atoms with E-state index in [0.29, 0.717) is 17.7 Å². The Hall–Kier alpha value is -2.09. The second kappa shape index (κ2) is 7.03. The van der Waals surface area contributed by atoms with Gasteiger partial charge in [-0.05, 0) is 36.8 Å². The maximum Gasteiger partial charge on any atom is 0.243 e. The van der Waals surface area contributed by atoms with Gasteiger partial charge in [0.05, 0.1) is 24.2 Å². The molecule has 1 heterocycles. The smallest absolute Gasteiger partial charge is 0.243 e. The van der Waals surface area contributed by atoms with Crippen LogP contribution in [0.2, 0.25) is 0 Å². The standard InChI is InChI=1S/C18H18FNO4S/c1-13(21)14-4-8-17(9-5-14)25(22,23)20-10-11-24-12-18(20)15-2-6-16(19)7-3-15/h2-9,18H,10-12H2,1H3. The van der Waals surface area contributed by atoms with Crippen LogP contribution in [0, 0.1) is 5.82 Å². The van der Waals surface area contributed by atoms with E-state index in [2.05, 4.69) is 0 Å². The Morgan fingerprint density at radius 1 is 1.12 bits per heavy atom. The third kappa shape index (κ3) is 3.63. The van der Waals surface area contributed by atoms with Crippen LogP contribution in [0.4, 0.5) is 4.39 Å². The Kier molecular flexibility index (Phi) is 4.99. The molecule has 0 aliphatic carbocycles. The van der Waals surface area contributed by atoms with Crippen LogP contribution >= 0.6 is 0 Å². The molecule has 1 atom stereocenters. The van der Waals surface area contributed by atoms with Gasteiger partial charge in [-0.1, -0.05) is 24.3 Å². The SMILES string of the molecule is CC(=O)c1ccc(S(=O)(=O)N2CCOCC2c2ccc(F)cc2)cc1. The van der Waals surface area contributed by atoms with Gasteiger partial charge in [-0.15, -0.1) is 0 Å². The Morgan fingerprint density at radius 2 is 1.76 bits per heavy atom. The number of hydrogen-bond donors (Lipinski definition) is 0. The highest BCUT2D eigenvalue weighted by atomic mass is 32.2. The van der Waals surface area contributed by atoms with E-state index in [1.54, 1.807) is 12.1 Å². The molecule has 132 valence electrons. The summed E-state index contributed by atoms with van der Waals surface area (Å²) in [4.78, 5) is 11.5. The average molecular weight is 363 g/mol. The minimum atomic E-state index is -3.76. The quantitative estimate of drug-likeness (QED) is 0.784. The van der Waals surface area contributed by atoms with Gasteiger partial charge in [-0.2, -0.15) is 4.31 Å². The summed E-state index contributed by atoms with van der Waals surface area (Å²) < 4.78 is 46.0. The molecule has 5 nitrogen and oxygen atoms in total. The van der Waals surface area contributed by atoms with Crippen LogP contribution in [-0.4, -0.2) is 38.3 Å². The van der Waals surface area contributed by atoms with E-state index in [1.807, 2.05) is 0 Å². The zero-order valence-corrected chi connectivity index (χ0v) is 14.5. The molecule has 2 aromatic rings. The summed E-state index contributed by atoms with van der Waals surface area (Å²) in [6, 6.07) is 11.1. The Bertz CT molecular complexity index is 863. The molecule has 1 aliphatic heterocycles. The second-order valence-electron chi connectivity index (χ2n) is 5.84. The molecule has 0 spiro atoms. The van der Waals surface area contributed by atoms with Crippen molar-refractivity contribution in [3.63, 3.8) is 0 Å². The number of ether oxygens (including phenoxy) is 1. The number of Topliss-reactive ketones (excluding diaryl/α,β-unsaturated/α-hetero) is 1. The van der Waals surface area contributed by atoms with Crippen LogP contribution in [0.5, 0.6) is 0 Å². The summed E-state index contributed by atoms with van der Waals surface area (Å²) in [6.07, 6.45) is 0. The molecule has 0 saturated carbocycles. The number of rotatable bonds is 4. The number of carbonyl (C=O) groups is 1. The molecular formula is C18H18FNO4S. The number of sulfonamides is 1. The Labute approximate surface area is 146 Å². The van der Waals surface area contributed by atoms with Crippen molar-refractivity contribution in [3.8, 4) is 0 Å². The van der Waals surface area contributed by atoms with E-state index in [0.717, 1.165) is 0 Å². The van der Waals surface area contributed by atoms with Gasteiger partial charge in [0.25, 0.3) is 0 Å². The second-order valence-corrected chi connectivity index (χ2v) is 7.73. The molecule has 1 saturated heterocycles. The summed E-state index contributed by atoms with van der Waals surface area (Å²) in [5.41, 5.74) is 1.13. The Balaban J connectivity index is 1.95. The topological polar surface area (TPSA) is 63.7 Å². The number of halogens is 1. The van der Waals surface area contributed by atoms with Gasteiger partial charge >= 0.3 is 0 Å². The summed E-state index contributed by atoms with van der Waals surface area (Å²) >= 11 is 0. The van der Waals surface area contributed by atoms with Crippen LogP contribution in [0.25, 0.3) is 0 Å². The zero-order valence-electron chi connectivity index (χ0n) is 13.7. The van der Waals surface area contributed by atoms with Crippen molar-refractivity contribution in [2.24, 2.45) is 0 Å². The van der Waals surface area contributed by atoms with E-state index in [4.69, 9.17) is 4.74 Å². The van der Waals surface area contributed by atoms with E-state index >= 15 is 0 Å². The monoisotopic (exact) mass is 363 g/mol. The molecule has 0 aromatic heterocycles. The van der Waals surface area contributed by atoms with Crippen LogP contribution in [-0.2, 0) is 14.8 Å². The van der Waals surface area contributed by atoms with Crippen LogP contribution in [0.3, 0.4) is 0 Å². The zero-order chi connectivity index (χ0) is 18.0. The third-order valence-electron chi connectivity index (χ3n) is 4.20. The van der Waals surface area contributed by atoms with E-state index in [9.17, 15) is 17.6 Å². The molecule has 7 heteroatoms. The molecule has 25 heavy (non-hydrogen) atoms. The van der Waals surface area contributed by atoms with E-state index in [1.165, 1.54) is 47.6 Å². The fourth-order valence-electron chi connectivity index (χ4n) is 2.82. The van der Waals surface area contributed by atoms with Gasteiger partial charge in [0.1, 0.15) is 5.82 Å². The van der Waals surface area contributed by atoms with Crippen molar-refractivity contribution in [3.05, 3.63) is 65.5 Å². The number of ketones is 1. The molecule has 3 rings (SSSR count). The highest BCUT2D eigenvalue weighted by molar-refractivity contribution is 7.89. The minimum absolute atomic E-state index is 0.117. The van der Waals surface area contributed by atoms with Crippen molar-refractivity contribution in [1.82, 2.24) is 4.31 Å². The van der Waals surface area contributed by atoms with Crippen molar-refractivity contribution < 1.29 is 22.3 Å². The maximum absolute atomic E-state index is 13.2. The van der Waals surface area contributed by atoms with Gasteiger partial charge in [0, 0.05) is 12.1 Å². The summed E-state index contributed by atoms with van der Waals surface area (Å²) in [6.45, 7) is 2.13. The molecular weight excluding hydrogens is 345 g/mol. The first-order valence-corrected chi connectivity index (χ1v) is 9.29. The molecule has 0 amide bonds. The Morgan fingerprint density at radius 3 is 2.36 bits per heavy atom. The van der Waals surface area contributed by atoms with Crippen molar-refractivity contribution >= 4 is 15.8 Å². The molecule has 0 radical (unpaired) electrons. The predicted octanol–water partition coefficient (Wildman–Crippen LogP) is 2.79. The highest BCUT2D eigenvalue weighted by Crippen LogP contribution is 2.30. The fourth-order valence-corrected chi connectivity index (χ4v) is 4.40. The number of benzene rings is 2. The molecule has 1 unspecified atom stereocenters.